The van der Waals surface area contributed by atoms with Gasteiger partial charge in [-0.25, -0.2) is 4.39 Å². The Morgan fingerprint density at radius 1 is 0.833 bits per heavy atom. The van der Waals surface area contributed by atoms with Gasteiger partial charge in [-0.15, -0.1) is 11.6 Å². The van der Waals surface area contributed by atoms with E-state index in [0.29, 0.717) is 18.9 Å². The highest BCUT2D eigenvalue weighted by molar-refractivity contribution is 6.18. The third-order valence-electron chi connectivity index (χ3n) is 4.85. The first-order valence-electron chi connectivity index (χ1n) is 10.1. The van der Waals surface area contributed by atoms with Gasteiger partial charge in [0, 0.05) is 12.4 Å². The minimum Gasteiger partial charge on any atom is -0.492 e. The molecule has 0 fully saturated rings. The van der Waals surface area contributed by atoms with E-state index in [1.165, 1.54) is 12.1 Å². The lowest BCUT2D eigenvalue weighted by atomic mass is 9.88. The largest absolute Gasteiger partial charge is 0.492 e. The van der Waals surface area contributed by atoms with Crippen LogP contribution in [0, 0.1) is 5.82 Å². The molecule has 0 atom stereocenters. The zero-order valence-corrected chi connectivity index (χ0v) is 18.2. The maximum atomic E-state index is 13.6. The fraction of sp³-hybridized carbons (Fsp3) is 0.231. The van der Waals surface area contributed by atoms with Gasteiger partial charge < -0.3 is 9.64 Å². The molecule has 0 aliphatic rings. The average Bonchev–Trinajstić information content (AvgIpc) is 2.76. The lowest BCUT2D eigenvalue weighted by Crippen LogP contribution is -2.19. The van der Waals surface area contributed by atoms with Gasteiger partial charge in [0.15, 0.2) is 0 Å². The van der Waals surface area contributed by atoms with Crippen molar-refractivity contribution in [2.24, 2.45) is 0 Å². The SMILES string of the molecule is CN(C)CCOc1ccc(/C(=C(/CCCl)c2ccccc2)c2ccc(F)cc2)cc1. The number of hydrogen-bond acceptors (Lipinski definition) is 2. The van der Waals surface area contributed by atoms with Gasteiger partial charge in [-0.05, 0) is 72.6 Å². The van der Waals surface area contributed by atoms with Crippen molar-refractivity contribution in [1.82, 2.24) is 4.90 Å². The molecule has 0 N–H and O–H groups in total. The second-order valence-corrected chi connectivity index (χ2v) is 7.72. The van der Waals surface area contributed by atoms with Gasteiger partial charge >= 0.3 is 0 Å². The van der Waals surface area contributed by atoms with Gasteiger partial charge in [0.25, 0.3) is 0 Å². The van der Waals surface area contributed by atoms with Gasteiger partial charge in [-0.3, -0.25) is 0 Å². The molecule has 156 valence electrons. The van der Waals surface area contributed by atoms with Crippen LogP contribution in [0.4, 0.5) is 4.39 Å². The minimum atomic E-state index is -0.249. The van der Waals surface area contributed by atoms with E-state index in [4.69, 9.17) is 16.3 Å². The first-order valence-corrected chi connectivity index (χ1v) is 10.6. The summed E-state index contributed by atoms with van der Waals surface area (Å²) in [6.45, 7) is 1.49. The Labute approximate surface area is 183 Å². The Balaban J connectivity index is 2.04. The fourth-order valence-electron chi connectivity index (χ4n) is 3.34. The molecule has 30 heavy (non-hydrogen) atoms. The van der Waals surface area contributed by atoms with Gasteiger partial charge in [0.1, 0.15) is 18.2 Å². The lowest BCUT2D eigenvalue weighted by molar-refractivity contribution is 0.261. The molecule has 2 nitrogen and oxygen atoms in total. The molecular formula is C26H27ClFNO. The van der Waals surface area contributed by atoms with E-state index in [2.05, 4.69) is 29.2 Å². The van der Waals surface area contributed by atoms with Crippen molar-refractivity contribution in [3.05, 3.63) is 101 Å². The highest BCUT2D eigenvalue weighted by Gasteiger charge is 2.14. The molecule has 3 aromatic carbocycles. The van der Waals surface area contributed by atoms with E-state index >= 15 is 0 Å². The summed E-state index contributed by atoms with van der Waals surface area (Å²) in [7, 11) is 4.04. The van der Waals surface area contributed by atoms with E-state index in [0.717, 1.165) is 40.1 Å². The van der Waals surface area contributed by atoms with Crippen LogP contribution in [-0.2, 0) is 0 Å². The van der Waals surface area contributed by atoms with Crippen LogP contribution in [0.2, 0.25) is 0 Å². The van der Waals surface area contributed by atoms with Crippen molar-refractivity contribution >= 4 is 22.7 Å². The van der Waals surface area contributed by atoms with Crippen molar-refractivity contribution in [1.29, 1.82) is 0 Å². The van der Waals surface area contributed by atoms with Crippen LogP contribution in [0.5, 0.6) is 5.75 Å². The van der Waals surface area contributed by atoms with Crippen molar-refractivity contribution in [2.75, 3.05) is 33.1 Å². The number of ether oxygens (including phenoxy) is 1. The quantitative estimate of drug-likeness (QED) is 0.293. The van der Waals surface area contributed by atoms with E-state index in [1.807, 2.05) is 56.6 Å². The smallest absolute Gasteiger partial charge is 0.123 e. The monoisotopic (exact) mass is 423 g/mol. The molecule has 0 spiro atoms. The van der Waals surface area contributed by atoms with E-state index < -0.39 is 0 Å². The fourth-order valence-corrected chi connectivity index (χ4v) is 3.53. The highest BCUT2D eigenvalue weighted by atomic mass is 35.5. The molecule has 0 saturated carbocycles. The first-order chi connectivity index (χ1) is 14.6. The van der Waals surface area contributed by atoms with Crippen LogP contribution in [0.1, 0.15) is 23.1 Å². The molecule has 0 unspecified atom stereocenters. The maximum absolute atomic E-state index is 13.6. The summed E-state index contributed by atoms with van der Waals surface area (Å²) >= 11 is 6.18. The van der Waals surface area contributed by atoms with E-state index in [-0.39, 0.29) is 5.82 Å². The molecule has 4 heteroatoms. The number of likely N-dealkylation sites (N-methyl/N-ethyl adjacent to an activating group) is 1. The Morgan fingerprint density at radius 2 is 1.43 bits per heavy atom. The molecule has 0 aliphatic heterocycles. The molecule has 0 amide bonds. The second kappa shape index (κ2) is 11.0. The molecular weight excluding hydrogens is 397 g/mol. The zero-order chi connectivity index (χ0) is 21.3. The summed E-state index contributed by atoms with van der Waals surface area (Å²) in [5, 5.41) is 0. The summed E-state index contributed by atoms with van der Waals surface area (Å²) in [5.74, 6) is 1.08. The zero-order valence-electron chi connectivity index (χ0n) is 17.4. The van der Waals surface area contributed by atoms with Crippen molar-refractivity contribution in [2.45, 2.75) is 6.42 Å². The number of alkyl halides is 1. The van der Waals surface area contributed by atoms with E-state index in [1.54, 1.807) is 0 Å². The van der Waals surface area contributed by atoms with Crippen molar-refractivity contribution < 1.29 is 9.13 Å². The standard InChI is InChI=1S/C26H27ClFNO/c1-29(2)18-19-30-24-14-10-22(11-15-24)26(21-8-12-23(28)13-9-21)25(16-17-27)20-6-4-3-5-7-20/h3-15H,16-19H2,1-2H3/b26-25-. The summed E-state index contributed by atoms with van der Waals surface area (Å²) in [6.07, 6.45) is 0.708. The molecule has 0 heterocycles. The maximum Gasteiger partial charge on any atom is 0.123 e. The van der Waals surface area contributed by atoms with Gasteiger partial charge in [0.05, 0.1) is 0 Å². The Bertz CT molecular complexity index is 951. The van der Waals surface area contributed by atoms with Crippen LogP contribution in [0.15, 0.2) is 78.9 Å². The number of allylic oxidation sites excluding steroid dienone is 1. The van der Waals surface area contributed by atoms with Crippen LogP contribution in [0.25, 0.3) is 11.1 Å². The van der Waals surface area contributed by atoms with Gasteiger partial charge in [0.2, 0.25) is 0 Å². The van der Waals surface area contributed by atoms with Crippen molar-refractivity contribution in [3.63, 3.8) is 0 Å². The summed E-state index contributed by atoms with van der Waals surface area (Å²) in [6, 6.07) is 24.9. The average molecular weight is 424 g/mol. The summed E-state index contributed by atoms with van der Waals surface area (Å²) in [4.78, 5) is 2.09. The lowest BCUT2D eigenvalue weighted by Gasteiger charge is -2.17. The molecule has 0 bridgehead atoms. The Morgan fingerprint density at radius 3 is 2.00 bits per heavy atom. The number of hydrogen-bond donors (Lipinski definition) is 0. The molecule has 0 saturated heterocycles. The van der Waals surface area contributed by atoms with Crippen LogP contribution in [-0.4, -0.2) is 38.0 Å². The highest BCUT2D eigenvalue weighted by Crippen LogP contribution is 2.35. The third-order valence-corrected chi connectivity index (χ3v) is 5.04. The number of benzene rings is 3. The summed E-state index contributed by atoms with van der Waals surface area (Å²) in [5.41, 5.74) is 5.32. The molecule has 3 aromatic rings. The Hall–Kier alpha value is -2.62. The molecule has 0 aromatic heterocycles. The van der Waals surface area contributed by atoms with Gasteiger partial charge in [-0.1, -0.05) is 54.6 Å². The molecule has 0 radical (unpaired) electrons. The third kappa shape index (κ3) is 5.94. The van der Waals surface area contributed by atoms with Crippen molar-refractivity contribution in [3.8, 4) is 5.75 Å². The number of halogens is 2. The molecule has 0 aliphatic carbocycles. The topological polar surface area (TPSA) is 12.5 Å². The van der Waals surface area contributed by atoms with Crippen LogP contribution in [0.3, 0.4) is 0 Å². The molecule has 3 rings (SSSR count). The second-order valence-electron chi connectivity index (χ2n) is 7.34. The Kier molecular flexibility index (Phi) is 8.06. The number of nitrogens with zero attached hydrogens (tertiary/aromatic N) is 1. The van der Waals surface area contributed by atoms with Crippen LogP contribution < -0.4 is 4.74 Å². The van der Waals surface area contributed by atoms with E-state index in [9.17, 15) is 4.39 Å². The summed E-state index contributed by atoms with van der Waals surface area (Å²) < 4.78 is 19.4. The minimum absolute atomic E-state index is 0.249. The van der Waals surface area contributed by atoms with Gasteiger partial charge in [-0.2, -0.15) is 0 Å². The first kappa shape index (κ1) is 22.1. The van der Waals surface area contributed by atoms with Crippen LogP contribution >= 0.6 is 11.6 Å². The normalized spacial score (nSPS) is 12.0. The number of rotatable bonds is 9. The predicted octanol–water partition coefficient (Wildman–Crippen LogP) is 6.35. The predicted molar refractivity (Wildman–Crippen MR) is 125 cm³/mol.